The van der Waals surface area contributed by atoms with Crippen molar-refractivity contribution < 1.29 is 9.53 Å². The average molecular weight is 360 g/mol. The van der Waals surface area contributed by atoms with Crippen LogP contribution < -0.4 is 10.6 Å². The Hall–Kier alpha value is -1.43. The minimum absolute atomic E-state index is 0.134. The SMILES string of the molecule is CC1CN(Cc2cccc(NC(=O)CCC3CCNCC3)c2)CC(C)O1. The van der Waals surface area contributed by atoms with Crippen LogP contribution in [0.2, 0.25) is 0 Å². The first kappa shape index (κ1) is 19.3. The Morgan fingerprint density at radius 3 is 2.69 bits per heavy atom. The molecule has 26 heavy (non-hydrogen) atoms. The summed E-state index contributed by atoms with van der Waals surface area (Å²) in [6, 6.07) is 8.25. The molecule has 2 N–H and O–H groups in total. The van der Waals surface area contributed by atoms with Gasteiger partial charge in [-0.1, -0.05) is 12.1 Å². The van der Waals surface area contributed by atoms with E-state index >= 15 is 0 Å². The molecular weight excluding hydrogens is 326 g/mol. The van der Waals surface area contributed by atoms with Gasteiger partial charge in [0, 0.05) is 31.7 Å². The summed E-state index contributed by atoms with van der Waals surface area (Å²) in [5.74, 6) is 0.827. The highest BCUT2D eigenvalue weighted by Crippen LogP contribution is 2.20. The van der Waals surface area contributed by atoms with E-state index in [0.717, 1.165) is 44.8 Å². The van der Waals surface area contributed by atoms with Crippen LogP contribution in [-0.2, 0) is 16.1 Å². The van der Waals surface area contributed by atoms with Gasteiger partial charge in [0.1, 0.15) is 0 Å². The van der Waals surface area contributed by atoms with E-state index in [9.17, 15) is 4.79 Å². The third kappa shape index (κ3) is 6.08. The lowest BCUT2D eigenvalue weighted by atomic mass is 9.93. The van der Waals surface area contributed by atoms with Crippen molar-refractivity contribution in [1.29, 1.82) is 0 Å². The lowest BCUT2D eigenvalue weighted by Gasteiger charge is -2.35. The second-order valence-corrected chi connectivity index (χ2v) is 7.93. The molecule has 2 aliphatic heterocycles. The number of nitrogens with one attached hydrogen (secondary N) is 2. The predicted molar refractivity (Wildman–Crippen MR) is 105 cm³/mol. The Bertz CT molecular complexity index is 576. The number of anilines is 1. The van der Waals surface area contributed by atoms with E-state index < -0.39 is 0 Å². The molecule has 2 heterocycles. The van der Waals surface area contributed by atoms with E-state index in [-0.39, 0.29) is 18.1 Å². The van der Waals surface area contributed by atoms with Crippen molar-refractivity contribution in [2.24, 2.45) is 5.92 Å². The molecule has 5 heteroatoms. The monoisotopic (exact) mass is 359 g/mol. The minimum Gasteiger partial charge on any atom is -0.373 e. The normalized spacial score (nSPS) is 25.2. The summed E-state index contributed by atoms with van der Waals surface area (Å²) >= 11 is 0. The molecule has 1 aromatic rings. The molecule has 0 radical (unpaired) electrons. The number of carbonyl (C=O) groups excluding carboxylic acids is 1. The Balaban J connectivity index is 1.48. The fourth-order valence-electron chi connectivity index (χ4n) is 4.15. The lowest BCUT2D eigenvalue weighted by molar-refractivity contribution is -0.116. The van der Waals surface area contributed by atoms with E-state index in [1.165, 1.54) is 18.4 Å². The highest BCUT2D eigenvalue weighted by molar-refractivity contribution is 5.90. The predicted octanol–water partition coefficient (Wildman–Crippen LogP) is 3.01. The number of hydrogen-bond donors (Lipinski definition) is 2. The van der Waals surface area contributed by atoms with Crippen LogP contribution >= 0.6 is 0 Å². The number of benzene rings is 1. The first-order valence-corrected chi connectivity index (χ1v) is 10.1. The molecule has 2 saturated heterocycles. The van der Waals surface area contributed by atoms with Gasteiger partial charge in [-0.3, -0.25) is 9.69 Å². The van der Waals surface area contributed by atoms with Gasteiger partial charge in [-0.25, -0.2) is 0 Å². The molecule has 2 aliphatic rings. The molecule has 5 nitrogen and oxygen atoms in total. The molecule has 2 unspecified atom stereocenters. The summed E-state index contributed by atoms with van der Waals surface area (Å²) in [4.78, 5) is 14.7. The van der Waals surface area contributed by atoms with Crippen LogP contribution in [-0.4, -0.2) is 49.2 Å². The molecule has 2 atom stereocenters. The zero-order valence-electron chi connectivity index (χ0n) is 16.2. The van der Waals surface area contributed by atoms with Crippen LogP contribution in [0.15, 0.2) is 24.3 Å². The van der Waals surface area contributed by atoms with Crippen molar-refractivity contribution in [3.05, 3.63) is 29.8 Å². The molecule has 1 amide bonds. The van der Waals surface area contributed by atoms with Crippen LogP contribution in [0.25, 0.3) is 0 Å². The van der Waals surface area contributed by atoms with Gasteiger partial charge >= 0.3 is 0 Å². The number of amides is 1. The average Bonchev–Trinajstić information content (AvgIpc) is 2.60. The quantitative estimate of drug-likeness (QED) is 0.820. The highest BCUT2D eigenvalue weighted by atomic mass is 16.5. The summed E-state index contributed by atoms with van der Waals surface area (Å²) in [6.45, 7) is 9.24. The summed E-state index contributed by atoms with van der Waals surface area (Å²) in [7, 11) is 0. The fraction of sp³-hybridized carbons (Fsp3) is 0.667. The van der Waals surface area contributed by atoms with E-state index in [2.05, 4.69) is 41.5 Å². The standard InChI is InChI=1S/C21H33N3O2/c1-16-13-24(14-17(2)26-16)15-19-4-3-5-20(12-19)23-21(25)7-6-18-8-10-22-11-9-18/h3-5,12,16-18,22H,6-11,13-15H2,1-2H3,(H,23,25). The fourth-order valence-corrected chi connectivity index (χ4v) is 4.15. The number of ether oxygens (including phenoxy) is 1. The third-order valence-corrected chi connectivity index (χ3v) is 5.35. The maximum Gasteiger partial charge on any atom is 0.224 e. The topological polar surface area (TPSA) is 53.6 Å². The third-order valence-electron chi connectivity index (χ3n) is 5.35. The van der Waals surface area contributed by atoms with Gasteiger partial charge in [-0.05, 0) is 69.8 Å². The Kier molecular flexibility index (Phi) is 7.06. The zero-order chi connectivity index (χ0) is 18.4. The smallest absolute Gasteiger partial charge is 0.224 e. The number of rotatable bonds is 6. The molecular formula is C21H33N3O2. The van der Waals surface area contributed by atoms with Crippen molar-refractivity contribution >= 4 is 11.6 Å². The van der Waals surface area contributed by atoms with Gasteiger partial charge in [0.2, 0.25) is 5.91 Å². The Morgan fingerprint density at radius 1 is 1.23 bits per heavy atom. The number of carbonyl (C=O) groups is 1. The van der Waals surface area contributed by atoms with Crippen LogP contribution in [0.1, 0.15) is 45.1 Å². The molecule has 3 rings (SSSR count). The van der Waals surface area contributed by atoms with E-state index in [4.69, 9.17) is 4.74 Å². The zero-order valence-corrected chi connectivity index (χ0v) is 16.2. The first-order valence-electron chi connectivity index (χ1n) is 10.1. The highest BCUT2D eigenvalue weighted by Gasteiger charge is 2.22. The molecule has 0 aromatic heterocycles. The molecule has 1 aromatic carbocycles. The minimum atomic E-state index is 0.134. The number of morpholine rings is 1. The Labute approximate surface area is 157 Å². The van der Waals surface area contributed by atoms with E-state index in [1.54, 1.807) is 0 Å². The molecule has 2 fully saturated rings. The van der Waals surface area contributed by atoms with Crippen molar-refractivity contribution in [1.82, 2.24) is 10.2 Å². The maximum absolute atomic E-state index is 12.3. The number of hydrogen-bond acceptors (Lipinski definition) is 4. The van der Waals surface area contributed by atoms with Gasteiger partial charge in [0.05, 0.1) is 12.2 Å². The first-order chi connectivity index (χ1) is 12.6. The molecule has 0 bridgehead atoms. The molecule has 0 spiro atoms. The summed E-state index contributed by atoms with van der Waals surface area (Å²) in [5.41, 5.74) is 2.15. The van der Waals surface area contributed by atoms with Gasteiger partial charge in [0.15, 0.2) is 0 Å². The largest absolute Gasteiger partial charge is 0.373 e. The second kappa shape index (κ2) is 9.49. The molecule has 0 aliphatic carbocycles. The van der Waals surface area contributed by atoms with Gasteiger partial charge in [-0.2, -0.15) is 0 Å². The maximum atomic E-state index is 12.3. The van der Waals surface area contributed by atoms with Gasteiger partial charge in [-0.15, -0.1) is 0 Å². The van der Waals surface area contributed by atoms with Crippen LogP contribution in [0.5, 0.6) is 0 Å². The van der Waals surface area contributed by atoms with Crippen LogP contribution in [0.3, 0.4) is 0 Å². The Morgan fingerprint density at radius 2 is 1.96 bits per heavy atom. The molecule has 144 valence electrons. The van der Waals surface area contributed by atoms with Gasteiger partial charge < -0.3 is 15.4 Å². The molecule has 0 saturated carbocycles. The van der Waals surface area contributed by atoms with Gasteiger partial charge in [0.25, 0.3) is 0 Å². The summed E-state index contributed by atoms with van der Waals surface area (Å²) in [6.07, 6.45) is 4.55. The van der Waals surface area contributed by atoms with E-state index in [1.807, 2.05) is 12.1 Å². The summed E-state index contributed by atoms with van der Waals surface area (Å²) < 4.78 is 5.80. The summed E-state index contributed by atoms with van der Waals surface area (Å²) in [5, 5.41) is 6.45. The van der Waals surface area contributed by atoms with Crippen molar-refractivity contribution in [2.45, 2.75) is 58.3 Å². The lowest BCUT2D eigenvalue weighted by Crippen LogP contribution is -2.44. The van der Waals surface area contributed by atoms with Crippen molar-refractivity contribution in [3.63, 3.8) is 0 Å². The second-order valence-electron chi connectivity index (χ2n) is 7.93. The van der Waals surface area contributed by atoms with E-state index in [0.29, 0.717) is 12.3 Å². The van der Waals surface area contributed by atoms with Crippen molar-refractivity contribution in [2.75, 3.05) is 31.5 Å². The van der Waals surface area contributed by atoms with Crippen molar-refractivity contribution in [3.8, 4) is 0 Å². The van der Waals surface area contributed by atoms with Crippen LogP contribution in [0, 0.1) is 5.92 Å². The number of nitrogens with zero attached hydrogens (tertiary/aromatic N) is 1. The number of piperidine rings is 1. The van der Waals surface area contributed by atoms with Crippen LogP contribution in [0.4, 0.5) is 5.69 Å².